The van der Waals surface area contributed by atoms with Crippen molar-refractivity contribution in [2.24, 2.45) is 0 Å². The Hall–Kier alpha value is -1.99. The lowest BCUT2D eigenvalue weighted by molar-refractivity contribution is -0.114. The summed E-state index contributed by atoms with van der Waals surface area (Å²) < 4.78 is 25.6. The topological polar surface area (TPSA) is 66.5 Å². The Labute approximate surface area is 166 Å². The molecule has 5 nitrogen and oxygen atoms in total. The highest BCUT2D eigenvalue weighted by Gasteiger charge is 2.22. The molecule has 1 amide bonds. The van der Waals surface area contributed by atoms with E-state index in [1.54, 1.807) is 30.0 Å². The van der Waals surface area contributed by atoms with Gasteiger partial charge in [-0.3, -0.25) is 9.10 Å². The molecule has 7 heteroatoms. The molecule has 0 aliphatic heterocycles. The first-order valence-electron chi connectivity index (χ1n) is 8.53. The third-order valence-electron chi connectivity index (χ3n) is 4.06. The molecule has 27 heavy (non-hydrogen) atoms. The summed E-state index contributed by atoms with van der Waals surface area (Å²) in [5.74, 6) is -0.390. The molecule has 0 aromatic heterocycles. The second-order valence-corrected chi connectivity index (χ2v) is 10.1. The summed E-state index contributed by atoms with van der Waals surface area (Å²) in [6.45, 7) is 5.99. The Kier molecular flexibility index (Phi) is 6.59. The molecule has 0 radical (unpaired) electrons. The van der Waals surface area contributed by atoms with Crippen LogP contribution in [0.2, 0.25) is 0 Å². The van der Waals surface area contributed by atoms with Gasteiger partial charge in [-0.25, -0.2) is 8.42 Å². The van der Waals surface area contributed by atoms with Crippen LogP contribution in [0.25, 0.3) is 0 Å². The predicted molar refractivity (Wildman–Crippen MR) is 114 cm³/mol. The lowest BCUT2D eigenvalue weighted by Crippen LogP contribution is -2.37. The van der Waals surface area contributed by atoms with E-state index >= 15 is 0 Å². The van der Waals surface area contributed by atoms with E-state index in [4.69, 9.17) is 0 Å². The molecule has 1 N–H and O–H groups in total. The van der Waals surface area contributed by atoms with Crippen LogP contribution in [0.1, 0.15) is 26.3 Å². The highest BCUT2D eigenvalue weighted by molar-refractivity contribution is 7.98. The van der Waals surface area contributed by atoms with Gasteiger partial charge in [0, 0.05) is 10.6 Å². The average molecular weight is 407 g/mol. The normalized spacial score (nSPS) is 11.9. The molecule has 0 aliphatic rings. The highest BCUT2D eigenvalue weighted by atomic mass is 32.2. The predicted octanol–water partition coefficient (Wildman–Crippen LogP) is 4.11. The van der Waals surface area contributed by atoms with E-state index in [-0.39, 0.29) is 12.0 Å². The van der Waals surface area contributed by atoms with Gasteiger partial charge in [0.25, 0.3) is 0 Å². The van der Waals surface area contributed by atoms with Crippen molar-refractivity contribution in [3.05, 3.63) is 54.1 Å². The summed E-state index contributed by atoms with van der Waals surface area (Å²) in [5, 5.41) is 2.77. The quantitative estimate of drug-likeness (QED) is 0.733. The summed E-state index contributed by atoms with van der Waals surface area (Å²) in [6, 6.07) is 14.7. The fourth-order valence-electron chi connectivity index (χ4n) is 2.56. The Morgan fingerprint density at radius 2 is 1.74 bits per heavy atom. The summed E-state index contributed by atoms with van der Waals surface area (Å²) in [5.41, 5.74) is 2.17. The van der Waals surface area contributed by atoms with Crippen molar-refractivity contribution >= 4 is 39.1 Å². The van der Waals surface area contributed by atoms with E-state index in [9.17, 15) is 13.2 Å². The van der Waals surface area contributed by atoms with Gasteiger partial charge < -0.3 is 5.32 Å². The van der Waals surface area contributed by atoms with Crippen LogP contribution >= 0.6 is 11.8 Å². The summed E-state index contributed by atoms with van der Waals surface area (Å²) in [4.78, 5) is 13.5. The standard InChI is InChI=1S/C20H26N2O3S2/c1-20(2,3)15-9-11-17(12-10-15)22(27(5,24)25)14-19(23)21-16-7-6-8-18(13-16)26-4/h6-13H,14H2,1-5H3,(H,21,23). The lowest BCUT2D eigenvalue weighted by atomic mass is 9.87. The fraction of sp³-hybridized carbons (Fsp3) is 0.350. The maximum absolute atomic E-state index is 12.4. The second-order valence-electron chi connectivity index (χ2n) is 7.35. The number of nitrogens with one attached hydrogen (secondary N) is 1. The molecule has 2 rings (SSSR count). The van der Waals surface area contributed by atoms with Gasteiger partial charge in [0.15, 0.2) is 0 Å². The summed E-state index contributed by atoms with van der Waals surface area (Å²) >= 11 is 1.57. The monoisotopic (exact) mass is 406 g/mol. The van der Waals surface area contributed by atoms with Crippen LogP contribution in [0.4, 0.5) is 11.4 Å². The Morgan fingerprint density at radius 3 is 2.26 bits per heavy atom. The van der Waals surface area contributed by atoms with E-state index in [0.29, 0.717) is 11.4 Å². The molecule has 0 aliphatic carbocycles. The van der Waals surface area contributed by atoms with Gasteiger partial charge in [-0.05, 0) is 47.6 Å². The Bertz CT molecular complexity index is 902. The van der Waals surface area contributed by atoms with Crippen LogP contribution in [0.3, 0.4) is 0 Å². The Morgan fingerprint density at radius 1 is 1.11 bits per heavy atom. The molecular formula is C20H26N2O3S2. The van der Waals surface area contributed by atoms with Gasteiger partial charge >= 0.3 is 0 Å². The summed E-state index contributed by atoms with van der Waals surface area (Å²) in [7, 11) is -3.60. The molecule has 0 fully saturated rings. The molecule has 0 unspecified atom stereocenters. The molecule has 2 aromatic carbocycles. The van der Waals surface area contributed by atoms with Crippen LogP contribution in [0, 0.1) is 0 Å². The molecular weight excluding hydrogens is 380 g/mol. The number of thioether (sulfide) groups is 1. The molecule has 0 atom stereocenters. The number of sulfonamides is 1. The second kappa shape index (κ2) is 8.35. The zero-order chi connectivity index (χ0) is 20.2. The molecule has 0 spiro atoms. The third-order valence-corrected chi connectivity index (χ3v) is 5.93. The van der Waals surface area contributed by atoms with Gasteiger partial charge in [0.1, 0.15) is 6.54 Å². The van der Waals surface area contributed by atoms with Gasteiger partial charge in [-0.2, -0.15) is 0 Å². The zero-order valence-electron chi connectivity index (χ0n) is 16.3. The number of amides is 1. The van der Waals surface area contributed by atoms with Crippen LogP contribution in [0.15, 0.2) is 53.4 Å². The molecule has 2 aromatic rings. The van der Waals surface area contributed by atoms with Gasteiger partial charge in [-0.15, -0.1) is 11.8 Å². The van der Waals surface area contributed by atoms with E-state index in [1.165, 1.54) is 0 Å². The number of nitrogens with zero attached hydrogens (tertiary/aromatic N) is 1. The van der Waals surface area contributed by atoms with Crippen molar-refractivity contribution in [1.82, 2.24) is 0 Å². The molecule has 0 heterocycles. The van der Waals surface area contributed by atoms with Gasteiger partial charge in [0.2, 0.25) is 15.9 Å². The van der Waals surface area contributed by atoms with Gasteiger partial charge in [0.05, 0.1) is 11.9 Å². The maximum atomic E-state index is 12.4. The minimum absolute atomic E-state index is 0.0336. The van der Waals surface area contributed by atoms with Gasteiger partial charge in [-0.1, -0.05) is 39.0 Å². The van der Waals surface area contributed by atoms with Crippen molar-refractivity contribution in [3.63, 3.8) is 0 Å². The number of hydrogen-bond acceptors (Lipinski definition) is 4. The van der Waals surface area contributed by atoms with E-state index in [0.717, 1.165) is 21.0 Å². The molecule has 0 bridgehead atoms. The molecule has 0 saturated heterocycles. The first kappa shape index (κ1) is 21.3. The SMILES string of the molecule is CSc1cccc(NC(=O)CN(c2ccc(C(C)(C)C)cc2)S(C)(=O)=O)c1. The smallest absolute Gasteiger partial charge is 0.245 e. The van der Waals surface area contributed by atoms with Crippen molar-refractivity contribution in [2.45, 2.75) is 31.1 Å². The van der Waals surface area contributed by atoms with Crippen molar-refractivity contribution < 1.29 is 13.2 Å². The average Bonchev–Trinajstić information content (AvgIpc) is 2.58. The van der Waals surface area contributed by atoms with Crippen molar-refractivity contribution in [1.29, 1.82) is 0 Å². The van der Waals surface area contributed by atoms with E-state index in [2.05, 4.69) is 26.1 Å². The zero-order valence-corrected chi connectivity index (χ0v) is 17.9. The summed E-state index contributed by atoms with van der Waals surface area (Å²) in [6.07, 6.45) is 3.06. The van der Waals surface area contributed by atoms with Crippen LogP contribution in [0.5, 0.6) is 0 Å². The van der Waals surface area contributed by atoms with Crippen LogP contribution in [-0.2, 0) is 20.2 Å². The molecule has 0 saturated carbocycles. The van der Waals surface area contributed by atoms with Crippen molar-refractivity contribution in [3.8, 4) is 0 Å². The fourth-order valence-corrected chi connectivity index (χ4v) is 3.88. The van der Waals surface area contributed by atoms with E-state index < -0.39 is 15.9 Å². The maximum Gasteiger partial charge on any atom is 0.245 e. The minimum Gasteiger partial charge on any atom is -0.324 e. The minimum atomic E-state index is -3.60. The first-order valence-corrected chi connectivity index (χ1v) is 11.6. The number of hydrogen-bond donors (Lipinski definition) is 1. The van der Waals surface area contributed by atoms with Crippen LogP contribution < -0.4 is 9.62 Å². The Balaban J connectivity index is 2.21. The number of anilines is 2. The van der Waals surface area contributed by atoms with Crippen LogP contribution in [-0.4, -0.2) is 33.4 Å². The third kappa shape index (κ3) is 6.01. The van der Waals surface area contributed by atoms with Crippen molar-refractivity contribution in [2.75, 3.05) is 28.7 Å². The highest BCUT2D eigenvalue weighted by Crippen LogP contribution is 2.26. The number of rotatable bonds is 6. The first-order chi connectivity index (χ1) is 12.5. The molecule has 146 valence electrons. The number of benzene rings is 2. The number of carbonyl (C=O) groups excluding carboxylic acids is 1. The largest absolute Gasteiger partial charge is 0.324 e. The van der Waals surface area contributed by atoms with E-state index in [1.807, 2.05) is 36.6 Å². The number of carbonyl (C=O) groups is 1. The lowest BCUT2D eigenvalue weighted by Gasteiger charge is -2.24.